The minimum atomic E-state index is -3.22. The van der Waals surface area contributed by atoms with E-state index in [0.717, 1.165) is 27.8 Å². The van der Waals surface area contributed by atoms with E-state index >= 15 is 4.57 Å². The summed E-state index contributed by atoms with van der Waals surface area (Å²) in [4.78, 5) is 0. The molecule has 38 heavy (non-hydrogen) atoms. The zero-order chi connectivity index (χ0) is 27.9. The lowest BCUT2D eigenvalue weighted by atomic mass is 9.73. The standard InChI is InChI=1S/C34H42BrO2P/c1-31(2,3)25-13-10-22(19-35)28(16-25)34-29-17-26(32(4,5)6)14-11-23(29)20-37-38(34,36)21-24-12-15-27(18-30(24)34)33(7,8)9/h10-18H,19-21H2,1-9H3. The number of rotatable bonds is 2. The van der Waals surface area contributed by atoms with Crippen LogP contribution in [0.2, 0.25) is 0 Å². The summed E-state index contributed by atoms with van der Waals surface area (Å²) in [5, 5.41) is -0.153. The van der Waals surface area contributed by atoms with Gasteiger partial charge in [0.05, 0.1) is 12.8 Å². The Hall–Kier alpha value is -1.67. The Labute approximate surface area is 238 Å². The number of alkyl halides is 1. The normalized spacial score (nSPS) is 23.1. The minimum absolute atomic E-state index is 0.0279. The van der Waals surface area contributed by atoms with E-state index in [9.17, 15) is 0 Å². The summed E-state index contributed by atoms with van der Waals surface area (Å²) in [6.45, 7) is 20.7. The van der Waals surface area contributed by atoms with Crippen LogP contribution >= 0.6 is 23.3 Å². The minimum Gasteiger partial charge on any atom is -0.322 e. The van der Waals surface area contributed by atoms with Gasteiger partial charge in [-0.1, -0.05) is 133 Å². The molecule has 2 nitrogen and oxygen atoms in total. The maximum Gasteiger partial charge on any atom is 0.226 e. The molecule has 0 N–H and O–H groups in total. The van der Waals surface area contributed by atoms with Crippen molar-refractivity contribution in [2.45, 2.75) is 102 Å². The molecule has 0 aliphatic carbocycles. The lowest BCUT2D eigenvalue weighted by molar-refractivity contribution is 0.279. The van der Waals surface area contributed by atoms with Crippen LogP contribution in [0.5, 0.6) is 0 Å². The van der Waals surface area contributed by atoms with E-state index in [1.54, 1.807) is 0 Å². The van der Waals surface area contributed by atoms with Crippen molar-refractivity contribution in [3.63, 3.8) is 0 Å². The lowest BCUT2D eigenvalue weighted by Crippen LogP contribution is -2.34. The average Bonchev–Trinajstić information content (AvgIpc) is 3.10. The summed E-state index contributed by atoms with van der Waals surface area (Å²) in [5.41, 5.74) is 10.6. The average molecular weight is 594 g/mol. The summed E-state index contributed by atoms with van der Waals surface area (Å²) in [5.74, 6) is 0. The van der Waals surface area contributed by atoms with Crippen LogP contribution in [0.25, 0.3) is 0 Å². The predicted octanol–water partition coefficient (Wildman–Crippen LogP) is 10.1. The first-order chi connectivity index (χ1) is 17.5. The van der Waals surface area contributed by atoms with Crippen LogP contribution in [-0.4, -0.2) is 0 Å². The van der Waals surface area contributed by atoms with Crippen LogP contribution in [0, 0.1) is 0 Å². The Morgan fingerprint density at radius 3 is 1.66 bits per heavy atom. The zero-order valence-electron chi connectivity index (χ0n) is 24.5. The maximum atomic E-state index is 15.5. The summed E-state index contributed by atoms with van der Waals surface area (Å²) >= 11 is 3.80. The van der Waals surface area contributed by atoms with E-state index in [1.807, 2.05) is 0 Å². The van der Waals surface area contributed by atoms with Gasteiger partial charge in [0.2, 0.25) is 7.37 Å². The number of hydrogen-bond donors (Lipinski definition) is 0. The molecule has 0 amide bonds. The summed E-state index contributed by atoms with van der Waals surface area (Å²) < 4.78 is 22.0. The molecular weight excluding hydrogens is 551 g/mol. The highest BCUT2D eigenvalue weighted by molar-refractivity contribution is 9.08. The highest BCUT2D eigenvalue weighted by Gasteiger charge is 2.62. The molecule has 3 aromatic carbocycles. The van der Waals surface area contributed by atoms with Crippen molar-refractivity contribution in [1.82, 2.24) is 0 Å². The van der Waals surface area contributed by atoms with Crippen LogP contribution in [0.15, 0.2) is 54.6 Å². The smallest absolute Gasteiger partial charge is 0.226 e. The third-order valence-electron chi connectivity index (χ3n) is 8.56. The second-order valence-electron chi connectivity index (χ2n) is 14.3. The van der Waals surface area contributed by atoms with Gasteiger partial charge in [-0.3, -0.25) is 4.57 Å². The summed E-state index contributed by atoms with van der Waals surface area (Å²) in [6.07, 6.45) is 0.466. The molecule has 2 aliphatic heterocycles. The third-order valence-corrected chi connectivity index (χ3v) is 12.2. The monoisotopic (exact) mass is 592 g/mol. The topological polar surface area (TPSA) is 26.3 Å². The molecule has 2 atom stereocenters. The first kappa shape index (κ1) is 27.9. The third kappa shape index (κ3) is 4.20. The Bertz CT molecular complexity index is 1470. The molecule has 202 valence electrons. The van der Waals surface area contributed by atoms with Crippen molar-refractivity contribution in [3.8, 4) is 0 Å². The quantitative estimate of drug-likeness (QED) is 0.218. The summed E-state index contributed by atoms with van der Waals surface area (Å²) in [6, 6.07) is 20.4. The number of benzene rings is 3. The van der Waals surface area contributed by atoms with E-state index < -0.39 is 12.5 Å². The van der Waals surface area contributed by atoms with Gasteiger partial charge in [-0.25, -0.2) is 0 Å². The number of halogens is 1. The van der Waals surface area contributed by atoms with Crippen molar-refractivity contribution >= 4 is 23.3 Å². The lowest BCUT2D eigenvalue weighted by Gasteiger charge is -2.44. The van der Waals surface area contributed by atoms with Gasteiger partial charge in [-0.2, -0.15) is 0 Å². The van der Waals surface area contributed by atoms with Gasteiger partial charge in [0.15, 0.2) is 0 Å². The Morgan fingerprint density at radius 2 is 1.16 bits per heavy atom. The van der Waals surface area contributed by atoms with Crippen molar-refractivity contribution in [3.05, 3.63) is 105 Å². The van der Waals surface area contributed by atoms with Gasteiger partial charge < -0.3 is 4.52 Å². The highest BCUT2D eigenvalue weighted by atomic mass is 79.9. The van der Waals surface area contributed by atoms with Gasteiger partial charge in [0.25, 0.3) is 0 Å². The van der Waals surface area contributed by atoms with E-state index in [4.69, 9.17) is 4.52 Å². The fraction of sp³-hybridized carbons (Fsp3) is 0.471. The molecule has 2 unspecified atom stereocenters. The molecule has 0 saturated heterocycles. The fourth-order valence-electron chi connectivity index (χ4n) is 6.16. The molecule has 0 spiro atoms. The highest BCUT2D eigenvalue weighted by Crippen LogP contribution is 2.79. The second kappa shape index (κ2) is 8.92. The molecule has 0 saturated carbocycles. The largest absolute Gasteiger partial charge is 0.322 e. The van der Waals surface area contributed by atoms with Crippen LogP contribution in [0.1, 0.15) is 112 Å². The zero-order valence-corrected chi connectivity index (χ0v) is 26.9. The van der Waals surface area contributed by atoms with Gasteiger partial charge in [0, 0.05) is 5.33 Å². The van der Waals surface area contributed by atoms with Crippen LogP contribution < -0.4 is 0 Å². The van der Waals surface area contributed by atoms with E-state index in [2.05, 4.69) is 133 Å². The number of fused-ring (bicyclic) bond motifs is 5. The van der Waals surface area contributed by atoms with Crippen molar-refractivity contribution in [2.75, 3.05) is 0 Å². The molecule has 0 fully saturated rings. The Kier molecular flexibility index (Phi) is 6.54. The molecule has 4 heteroatoms. The Balaban J connectivity index is 1.99. The van der Waals surface area contributed by atoms with Gasteiger partial charge >= 0.3 is 0 Å². The van der Waals surface area contributed by atoms with Crippen LogP contribution in [-0.2, 0) is 48.6 Å². The van der Waals surface area contributed by atoms with Crippen molar-refractivity contribution in [2.24, 2.45) is 0 Å². The van der Waals surface area contributed by atoms with Gasteiger partial charge in [0.1, 0.15) is 5.16 Å². The molecule has 3 aromatic rings. The Morgan fingerprint density at radius 1 is 0.711 bits per heavy atom. The van der Waals surface area contributed by atoms with Crippen molar-refractivity contribution in [1.29, 1.82) is 0 Å². The van der Waals surface area contributed by atoms with Crippen molar-refractivity contribution < 1.29 is 9.09 Å². The van der Waals surface area contributed by atoms with Crippen LogP contribution in [0.3, 0.4) is 0 Å². The molecule has 2 heterocycles. The molecule has 0 aromatic heterocycles. The SMILES string of the molecule is CC(C)(C)c1ccc(CBr)c(C23c4cc(C(C)(C)C)ccc4COP2(=O)Cc2ccc(C(C)(C)C)cc23)c1. The van der Waals surface area contributed by atoms with E-state index in [-0.39, 0.29) is 16.2 Å². The molecule has 2 aliphatic rings. The molecule has 0 bridgehead atoms. The molecular formula is C34H42BrO2P. The predicted molar refractivity (Wildman–Crippen MR) is 164 cm³/mol. The van der Waals surface area contributed by atoms with E-state index in [1.165, 1.54) is 22.3 Å². The molecule has 0 radical (unpaired) electrons. The molecule has 5 rings (SSSR count). The first-order valence-corrected chi connectivity index (χ1v) is 16.7. The second-order valence-corrected chi connectivity index (χ2v) is 17.5. The number of hydrogen-bond acceptors (Lipinski definition) is 2. The van der Waals surface area contributed by atoms with E-state index in [0.29, 0.717) is 18.1 Å². The first-order valence-electron chi connectivity index (χ1n) is 13.7. The summed E-state index contributed by atoms with van der Waals surface area (Å²) in [7, 11) is -3.22. The maximum absolute atomic E-state index is 15.5. The van der Waals surface area contributed by atoms with Gasteiger partial charge in [-0.15, -0.1) is 0 Å². The van der Waals surface area contributed by atoms with Gasteiger partial charge in [-0.05, 0) is 66.3 Å². The van der Waals surface area contributed by atoms with Crippen LogP contribution in [0.4, 0.5) is 0 Å². The fourth-order valence-corrected chi connectivity index (χ4v) is 9.97.